The quantitative estimate of drug-likeness (QED) is 0.714. The molecule has 0 aromatic rings. The van der Waals surface area contributed by atoms with Crippen LogP contribution in [-0.2, 0) is 9.59 Å². The Bertz CT molecular complexity index is 240. The monoisotopic (exact) mass is 211 g/mol. The summed E-state index contributed by atoms with van der Waals surface area (Å²) in [7, 11) is 0. The summed E-state index contributed by atoms with van der Waals surface area (Å²) in [6, 6.07) is 0. The molecule has 0 aliphatic carbocycles. The number of amides is 1. The summed E-state index contributed by atoms with van der Waals surface area (Å²) >= 11 is 0. The summed E-state index contributed by atoms with van der Waals surface area (Å²) in [6.45, 7) is 7.30. The number of rotatable bonds is 3. The van der Waals surface area contributed by atoms with Crippen LogP contribution >= 0.6 is 0 Å². The molecule has 1 aliphatic heterocycles. The molecule has 1 heterocycles. The molecule has 0 radical (unpaired) electrons. The van der Waals surface area contributed by atoms with E-state index in [9.17, 15) is 9.59 Å². The number of ketones is 1. The first-order valence-corrected chi connectivity index (χ1v) is 5.87. The van der Waals surface area contributed by atoms with Gasteiger partial charge in [-0.3, -0.25) is 9.59 Å². The van der Waals surface area contributed by atoms with E-state index in [4.69, 9.17) is 0 Å². The zero-order valence-electron chi connectivity index (χ0n) is 9.95. The van der Waals surface area contributed by atoms with E-state index in [0.717, 1.165) is 25.9 Å². The molecule has 3 heteroatoms. The van der Waals surface area contributed by atoms with E-state index in [1.165, 1.54) is 0 Å². The zero-order valence-corrected chi connectivity index (χ0v) is 9.95. The molecule has 0 aromatic carbocycles. The highest BCUT2D eigenvalue weighted by molar-refractivity contribution is 5.83. The van der Waals surface area contributed by atoms with Crippen LogP contribution in [0.2, 0.25) is 0 Å². The van der Waals surface area contributed by atoms with E-state index in [0.29, 0.717) is 12.2 Å². The lowest BCUT2D eigenvalue weighted by molar-refractivity contribution is -0.135. The van der Waals surface area contributed by atoms with Gasteiger partial charge in [-0.25, -0.2) is 0 Å². The van der Waals surface area contributed by atoms with Crippen LogP contribution < -0.4 is 0 Å². The van der Waals surface area contributed by atoms with Crippen LogP contribution in [0.5, 0.6) is 0 Å². The largest absolute Gasteiger partial charge is 0.343 e. The third-order valence-corrected chi connectivity index (χ3v) is 3.12. The van der Waals surface area contributed by atoms with Gasteiger partial charge in [-0.15, -0.1) is 0 Å². The van der Waals surface area contributed by atoms with Gasteiger partial charge in [-0.05, 0) is 12.8 Å². The SMILES string of the molecule is CCC(=O)N1CCC(C(=O)C(C)C)CC1. The van der Waals surface area contributed by atoms with E-state index in [2.05, 4.69) is 0 Å². The second-order valence-electron chi connectivity index (χ2n) is 4.57. The van der Waals surface area contributed by atoms with Crippen LogP contribution in [-0.4, -0.2) is 29.7 Å². The third-order valence-electron chi connectivity index (χ3n) is 3.12. The van der Waals surface area contributed by atoms with Crippen molar-refractivity contribution < 1.29 is 9.59 Å². The molecule has 1 aliphatic rings. The Balaban J connectivity index is 2.42. The fourth-order valence-electron chi connectivity index (χ4n) is 2.11. The molecule has 15 heavy (non-hydrogen) atoms. The van der Waals surface area contributed by atoms with Crippen LogP contribution in [0.15, 0.2) is 0 Å². The van der Waals surface area contributed by atoms with Gasteiger partial charge >= 0.3 is 0 Å². The van der Waals surface area contributed by atoms with Crippen LogP contribution in [0.1, 0.15) is 40.0 Å². The van der Waals surface area contributed by atoms with Gasteiger partial charge in [0.2, 0.25) is 5.91 Å². The Morgan fingerprint density at radius 3 is 2.20 bits per heavy atom. The summed E-state index contributed by atoms with van der Waals surface area (Å²) in [5.74, 6) is 0.887. The van der Waals surface area contributed by atoms with Crippen LogP contribution in [0.25, 0.3) is 0 Å². The number of Topliss-reactive ketones (excluding diaryl/α,β-unsaturated/α-hetero) is 1. The minimum absolute atomic E-state index is 0.128. The first-order valence-electron chi connectivity index (χ1n) is 5.87. The van der Waals surface area contributed by atoms with Crippen LogP contribution in [0.3, 0.4) is 0 Å². The molecule has 0 saturated carbocycles. The minimum Gasteiger partial charge on any atom is -0.343 e. The van der Waals surface area contributed by atoms with E-state index >= 15 is 0 Å². The molecule has 0 atom stereocenters. The number of piperidine rings is 1. The normalized spacial score (nSPS) is 18.3. The maximum atomic E-state index is 11.7. The molecular weight excluding hydrogens is 190 g/mol. The van der Waals surface area contributed by atoms with Gasteiger partial charge in [0.25, 0.3) is 0 Å². The van der Waals surface area contributed by atoms with Crippen molar-refractivity contribution in [3.8, 4) is 0 Å². The van der Waals surface area contributed by atoms with Crippen LogP contribution in [0.4, 0.5) is 0 Å². The predicted molar refractivity (Wildman–Crippen MR) is 59.4 cm³/mol. The molecule has 1 fully saturated rings. The second kappa shape index (κ2) is 5.29. The predicted octanol–water partition coefficient (Wildman–Crippen LogP) is 1.86. The molecule has 0 aromatic heterocycles. The first kappa shape index (κ1) is 12.2. The van der Waals surface area contributed by atoms with Crippen molar-refractivity contribution in [1.29, 1.82) is 0 Å². The standard InChI is InChI=1S/C12H21NO2/c1-4-11(14)13-7-5-10(6-8-13)12(15)9(2)3/h9-10H,4-8H2,1-3H3. The number of hydrogen-bond acceptors (Lipinski definition) is 2. The summed E-state index contributed by atoms with van der Waals surface area (Å²) < 4.78 is 0. The third kappa shape index (κ3) is 3.05. The van der Waals surface area contributed by atoms with Gasteiger partial charge in [-0.2, -0.15) is 0 Å². The average molecular weight is 211 g/mol. The smallest absolute Gasteiger partial charge is 0.222 e. The number of carbonyl (C=O) groups is 2. The van der Waals surface area contributed by atoms with Gasteiger partial charge in [0.1, 0.15) is 5.78 Å². The maximum Gasteiger partial charge on any atom is 0.222 e. The molecule has 1 amide bonds. The average Bonchev–Trinajstić information content (AvgIpc) is 2.27. The zero-order chi connectivity index (χ0) is 11.4. The molecular formula is C12H21NO2. The molecule has 86 valence electrons. The maximum absolute atomic E-state index is 11.7. The molecule has 3 nitrogen and oxygen atoms in total. The van der Waals surface area contributed by atoms with Gasteiger partial charge < -0.3 is 4.90 Å². The number of likely N-dealkylation sites (tertiary alicyclic amines) is 1. The Morgan fingerprint density at radius 2 is 1.80 bits per heavy atom. The highest BCUT2D eigenvalue weighted by Crippen LogP contribution is 2.21. The lowest BCUT2D eigenvalue weighted by Gasteiger charge is -2.31. The molecule has 0 spiro atoms. The van der Waals surface area contributed by atoms with Gasteiger partial charge in [0, 0.05) is 31.3 Å². The molecule has 0 bridgehead atoms. The van der Waals surface area contributed by atoms with E-state index in [1.807, 2.05) is 25.7 Å². The Hall–Kier alpha value is -0.860. The van der Waals surface area contributed by atoms with Crippen LogP contribution in [0, 0.1) is 11.8 Å². The Morgan fingerprint density at radius 1 is 1.27 bits per heavy atom. The van der Waals surface area contributed by atoms with Gasteiger partial charge in [0.05, 0.1) is 0 Å². The Labute approximate surface area is 91.8 Å². The van der Waals surface area contributed by atoms with Crippen molar-refractivity contribution >= 4 is 11.7 Å². The summed E-state index contributed by atoms with van der Waals surface area (Å²) in [6.07, 6.45) is 2.27. The summed E-state index contributed by atoms with van der Waals surface area (Å²) in [5.41, 5.74) is 0. The second-order valence-corrected chi connectivity index (χ2v) is 4.57. The highest BCUT2D eigenvalue weighted by atomic mass is 16.2. The van der Waals surface area contributed by atoms with E-state index in [1.54, 1.807) is 0 Å². The van der Waals surface area contributed by atoms with Crippen molar-refractivity contribution in [2.24, 2.45) is 11.8 Å². The molecule has 0 unspecified atom stereocenters. The number of hydrogen-bond donors (Lipinski definition) is 0. The lowest BCUT2D eigenvalue weighted by atomic mass is 9.87. The lowest BCUT2D eigenvalue weighted by Crippen LogP contribution is -2.40. The molecule has 0 N–H and O–H groups in total. The summed E-state index contributed by atoms with van der Waals surface area (Å²) in [5, 5.41) is 0. The topological polar surface area (TPSA) is 37.4 Å². The number of nitrogens with zero attached hydrogens (tertiary/aromatic N) is 1. The van der Waals surface area contributed by atoms with Crippen molar-refractivity contribution in [3.05, 3.63) is 0 Å². The van der Waals surface area contributed by atoms with Gasteiger partial charge in [0.15, 0.2) is 0 Å². The summed E-state index contributed by atoms with van der Waals surface area (Å²) in [4.78, 5) is 25.0. The van der Waals surface area contributed by atoms with Crippen molar-refractivity contribution in [3.63, 3.8) is 0 Å². The van der Waals surface area contributed by atoms with Crippen molar-refractivity contribution in [1.82, 2.24) is 4.90 Å². The minimum atomic E-state index is 0.128. The molecule has 1 rings (SSSR count). The van der Waals surface area contributed by atoms with E-state index < -0.39 is 0 Å². The number of carbonyl (C=O) groups excluding carboxylic acids is 2. The highest BCUT2D eigenvalue weighted by Gasteiger charge is 2.27. The fourth-order valence-corrected chi connectivity index (χ4v) is 2.11. The first-order chi connectivity index (χ1) is 7.06. The van der Waals surface area contributed by atoms with Crippen molar-refractivity contribution in [2.45, 2.75) is 40.0 Å². The molecule has 1 saturated heterocycles. The Kier molecular flexibility index (Phi) is 4.30. The van der Waals surface area contributed by atoms with E-state index in [-0.39, 0.29) is 17.7 Å². The van der Waals surface area contributed by atoms with Gasteiger partial charge in [-0.1, -0.05) is 20.8 Å². The fraction of sp³-hybridized carbons (Fsp3) is 0.833. The van der Waals surface area contributed by atoms with Crippen molar-refractivity contribution in [2.75, 3.05) is 13.1 Å².